The summed E-state index contributed by atoms with van der Waals surface area (Å²) in [6.45, 7) is 0.00512. The molecule has 0 spiro atoms. The maximum atomic E-state index is 13.6. The van der Waals surface area contributed by atoms with Crippen LogP contribution < -0.4 is 10.6 Å². The van der Waals surface area contributed by atoms with Gasteiger partial charge in [0.05, 0.1) is 11.7 Å². The fourth-order valence-electron chi connectivity index (χ4n) is 2.22. The molecule has 4 nitrogen and oxygen atoms in total. The van der Waals surface area contributed by atoms with E-state index < -0.39 is 17.7 Å². The summed E-state index contributed by atoms with van der Waals surface area (Å²) < 4.78 is 26.7. The second kappa shape index (κ2) is 8.24. The molecule has 23 heavy (non-hydrogen) atoms. The number of nitrogens with one attached hydrogen (secondary N) is 2. The topological polar surface area (TPSA) is 61.4 Å². The van der Waals surface area contributed by atoms with Crippen molar-refractivity contribution in [2.45, 2.75) is 18.9 Å². The highest BCUT2D eigenvalue weighted by atomic mass is 19.2. The lowest BCUT2D eigenvalue weighted by Gasteiger charge is -2.19. The molecule has 0 aliphatic carbocycles. The minimum Gasteiger partial charge on any atom is -0.396 e. The van der Waals surface area contributed by atoms with Crippen molar-refractivity contribution in [1.82, 2.24) is 5.32 Å². The van der Waals surface area contributed by atoms with Crippen LogP contribution in [0.15, 0.2) is 48.5 Å². The van der Waals surface area contributed by atoms with E-state index in [1.54, 1.807) is 0 Å². The summed E-state index contributed by atoms with van der Waals surface area (Å²) in [7, 11) is 0. The Kier molecular flexibility index (Phi) is 6.05. The van der Waals surface area contributed by atoms with Crippen LogP contribution in [0.4, 0.5) is 19.3 Å². The second-order valence-corrected chi connectivity index (χ2v) is 5.03. The molecule has 2 aromatic rings. The molecule has 0 aliphatic rings. The maximum Gasteiger partial charge on any atom is 0.319 e. The van der Waals surface area contributed by atoms with Gasteiger partial charge in [-0.25, -0.2) is 13.6 Å². The predicted molar refractivity (Wildman–Crippen MR) is 84.0 cm³/mol. The third-order valence-electron chi connectivity index (χ3n) is 3.36. The maximum absolute atomic E-state index is 13.6. The summed E-state index contributed by atoms with van der Waals surface area (Å²) in [4.78, 5) is 12.0. The molecule has 0 unspecified atom stereocenters. The van der Waals surface area contributed by atoms with Gasteiger partial charge in [0.1, 0.15) is 0 Å². The van der Waals surface area contributed by atoms with Gasteiger partial charge in [-0.1, -0.05) is 36.4 Å². The first-order valence-corrected chi connectivity index (χ1v) is 7.29. The molecule has 1 atom stereocenters. The first-order valence-electron chi connectivity index (χ1n) is 7.29. The lowest BCUT2D eigenvalue weighted by molar-refractivity contribution is 0.243. The number of rotatable bonds is 6. The molecule has 0 aromatic heterocycles. The minimum absolute atomic E-state index is 0.00512. The van der Waals surface area contributed by atoms with Crippen LogP contribution in [0.3, 0.4) is 0 Å². The van der Waals surface area contributed by atoms with E-state index in [2.05, 4.69) is 10.6 Å². The Morgan fingerprint density at radius 3 is 2.52 bits per heavy atom. The number of anilines is 1. The third-order valence-corrected chi connectivity index (χ3v) is 3.36. The average Bonchev–Trinajstić information content (AvgIpc) is 2.56. The van der Waals surface area contributed by atoms with Crippen molar-refractivity contribution < 1.29 is 18.7 Å². The van der Waals surface area contributed by atoms with Crippen LogP contribution in [0, 0.1) is 11.6 Å². The van der Waals surface area contributed by atoms with Crippen molar-refractivity contribution >= 4 is 11.7 Å². The van der Waals surface area contributed by atoms with E-state index in [4.69, 9.17) is 5.11 Å². The van der Waals surface area contributed by atoms with Crippen molar-refractivity contribution in [1.29, 1.82) is 0 Å². The molecule has 0 aliphatic heterocycles. The van der Waals surface area contributed by atoms with Crippen molar-refractivity contribution in [2.75, 3.05) is 11.9 Å². The van der Waals surface area contributed by atoms with E-state index in [1.165, 1.54) is 12.1 Å². The first-order chi connectivity index (χ1) is 11.1. The number of benzene rings is 2. The summed E-state index contributed by atoms with van der Waals surface area (Å²) in [5.41, 5.74) is 0.646. The molecule has 0 bridgehead atoms. The quantitative estimate of drug-likeness (QED) is 0.761. The lowest BCUT2D eigenvalue weighted by Crippen LogP contribution is -2.33. The predicted octanol–water partition coefficient (Wildman–Crippen LogP) is 3.60. The molecular formula is C17H18F2N2O2. The Bertz CT molecular complexity index is 650. The van der Waals surface area contributed by atoms with Crippen LogP contribution in [0.1, 0.15) is 24.4 Å². The number of carbonyl (C=O) groups excluding carboxylic acids is 1. The highest BCUT2D eigenvalue weighted by molar-refractivity contribution is 5.89. The molecular weight excluding hydrogens is 302 g/mol. The van der Waals surface area contributed by atoms with Crippen molar-refractivity contribution in [3.63, 3.8) is 0 Å². The van der Waals surface area contributed by atoms with Gasteiger partial charge in [-0.15, -0.1) is 0 Å². The van der Waals surface area contributed by atoms with E-state index >= 15 is 0 Å². The van der Waals surface area contributed by atoms with E-state index in [-0.39, 0.29) is 18.3 Å². The highest BCUT2D eigenvalue weighted by Crippen LogP contribution is 2.20. The highest BCUT2D eigenvalue weighted by Gasteiger charge is 2.16. The van der Waals surface area contributed by atoms with Gasteiger partial charge in [0.25, 0.3) is 0 Å². The second-order valence-electron chi connectivity index (χ2n) is 5.03. The van der Waals surface area contributed by atoms with Crippen molar-refractivity contribution in [2.24, 2.45) is 0 Å². The zero-order chi connectivity index (χ0) is 16.7. The first kappa shape index (κ1) is 16.9. The van der Waals surface area contributed by atoms with E-state index in [9.17, 15) is 13.6 Å². The summed E-state index contributed by atoms with van der Waals surface area (Å²) in [5.74, 6) is -2.13. The van der Waals surface area contributed by atoms with Crippen molar-refractivity contribution in [3.8, 4) is 0 Å². The smallest absolute Gasteiger partial charge is 0.319 e. The largest absolute Gasteiger partial charge is 0.396 e. The lowest BCUT2D eigenvalue weighted by atomic mass is 10.0. The third kappa shape index (κ3) is 4.75. The van der Waals surface area contributed by atoms with Gasteiger partial charge in [-0.3, -0.25) is 0 Å². The standard InChI is InChI=1S/C17H18F2N2O2/c18-13-8-4-9-15(16(13)19)21-17(23)20-14(10-5-11-22)12-6-2-1-3-7-12/h1-4,6-9,14,22H,5,10-11H2,(H2,20,21,23)/t14-/m1/s1. The van der Waals surface area contributed by atoms with Crippen LogP contribution in [-0.4, -0.2) is 17.7 Å². The number of carbonyl (C=O) groups is 1. The Hall–Kier alpha value is -2.47. The van der Waals surface area contributed by atoms with E-state index in [1.807, 2.05) is 30.3 Å². The fraction of sp³-hybridized carbons (Fsp3) is 0.235. The van der Waals surface area contributed by atoms with Gasteiger partial charge >= 0.3 is 6.03 Å². The van der Waals surface area contributed by atoms with E-state index in [0.717, 1.165) is 11.6 Å². The molecule has 0 saturated carbocycles. The summed E-state index contributed by atoms with van der Waals surface area (Å²) >= 11 is 0. The molecule has 2 amide bonds. The van der Waals surface area contributed by atoms with Gasteiger partial charge < -0.3 is 15.7 Å². The van der Waals surface area contributed by atoms with Gasteiger partial charge in [0.15, 0.2) is 11.6 Å². The molecule has 2 rings (SSSR count). The molecule has 2 aromatic carbocycles. The Labute approximate surface area is 133 Å². The van der Waals surface area contributed by atoms with Crippen LogP contribution in [-0.2, 0) is 0 Å². The van der Waals surface area contributed by atoms with Gasteiger partial charge in [0, 0.05) is 6.61 Å². The molecule has 6 heteroatoms. The van der Waals surface area contributed by atoms with Gasteiger partial charge in [-0.05, 0) is 30.5 Å². The summed E-state index contributed by atoms with van der Waals surface area (Å²) in [5, 5.41) is 14.0. The number of urea groups is 1. The van der Waals surface area contributed by atoms with Crippen molar-refractivity contribution in [3.05, 3.63) is 65.7 Å². The average molecular weight is 320 g/mol. The number of aliphatic hydroxyl groups excluding tert-OH is 1. The Morgan fingerprint density at radius 2 is 1.83 bits per heavy atom. The van der Waals surface area contributed by atoms with Crippen LogP contribution in [0.5, 0.6) is 0 Å². The van der Waals surface area contributed by atoms with Gasteiger partial charge in [0.2, 0.25) is 0 Å². The molecule has 0 heterocycles. The number of hydrogen-bond acceptors (Lipinski definition) is 2. The SMILES string of the molecule is O=C(Nc1cccc(F)c1F)N[C@H](CCCO)c1ccccc1. The fourth-order valence-corrected chi connectivity index (χ4v) is 2.22. The molecule has 122 valence electrons. The number of halogens is 2. The van der Waals surface area contributed by atoms with Crippen LogP contribution >= 0.6 is 0 Å². The Morgan fingerprint density at radius 1 is 1.09 bits per heavy atom. The van der Waals surface area contributed by atoms with Crippen LogP contribution in [0.2, 0.25) is 0 Å². The van der Waals surface area contributed by atoms with E-state index in [0.29, 0.717) is 12.8 Å². The number of hydrogen-bond donors (Lipinski definition) is 3. The monoisotopic (exact) mass is 320 g/mol. The normalized spacial score (nSPS) is 11.8. The zero-order valence-electron chi connectivity index (χ0n) is 12.4. The Balaban J connectivity index is 2.07. The van der Waals surface area contributed by atoms with Gasteiger partial charge in [-0.2, -0.15) is 0 Å². The molecule has 0 radical (unpaired) electrons. The minimum atomic E-state index is -1.10. The summed E-state index contributed by atoms with van der Waals surface area (Å²) in [6.07, 6.45) is 1.04. The molecule has 3 N–H and O–H groups in total. The molecule has 0 saturated heterocycles. The zero-order valence-corrected chi connectivity index (χ0v) is 12.4. The van der Waals surface area contributed by atoms with Crippen LogP contribution in [0.25, 0.3) is 0 Å². The number of aliphatic hydroxyl groups is 1. The summed E-state index contributed by atoms with van der Waals surface area (Å²) in [6, 6.07) is 11.8. The number of amides is 2. The molecule has 0 fully saturated rings.